The molecule has 3 nitrogen and oxygen atoms in total. The molecule has 0 spiro atoms. The van der Waals surface area contributed by atoms with Crippen LogP contribution < -0.4 is 11.1 Å². The van der Waals surface area contributed by atoms with Gasteiger partial charge in [0.2, 0.25) is 5.91 Å². The van der Waals surface area contributed by atoms with Crippen molar-refractivity contribution in [2.45, 2.75) is 25.5 Å². The van der Waals surface area contributed by atoms with Gasteiger partial charge in [-0.15, -0.1) is 11.8 Å². The molecule has 0 aromatic carbocycles. The van der Waals surface area contributed by atoms with Crippen molar-refractivity contribution >= 4 is 17.7 Å². The molecule has 0 aliphatic heterocycles. The first kappa shape index (κ1) is 13.5. The summed E-state index contributed by atoms with van der Waals surface area (Å²) in [5.41, 5.74) is 5.26. The van der Waals surface area contributed by atoms with Gasteiger partial charge >= 0.3 is 0 Å². The fourth-order valence-electron chi connectivity index (χ4n) is 0.685. The minimum Gasteiger partial charge on any atom is -0.352 e. The third-order valence-electron chi connectivity index (χ3n) is 1.36. The molecule has 0 radical (unpaired) electrons. The topological polar surface area (TPSA) is 55.1 Å². The van der Waals surface area contributed by atoms with Crippen LogP contribution in [-0.4, -0.2) is 29.5 Å². The summed E-state index contributed by atoms with van der Waals surface area (Å²) in [5, 5.41) is 2.79. The Morgan fingerprint density at radius 2 is 2.07 bits per heavy atom. The standard InChI is InChI=1S/C10H20N2OS/c1-10(2,3)14-8-9(13)12-7-5-4-6-11/h4-5H,6-8,11H2,1-3H3,(H,12,13)/b5-4+. The van der Waals surface area contributed by atoms with E-state index in [1.807, 2.05) is 12.2 Å². The third kappa shape index (κ3) is 9.61. The number of rotatable bonds is 5. The van der Waals surface area contributed by atoms with Crippen molar-refractivity contribution in [2.24, 2.45) is 5.73 Å². The highest BCUT2D eigenvalue weighted by atomic mass is 32.2. The highest BCUT2D eigenvalue weighted by Crippen LogP contribution is 2.22. The molecule has 0 aromatic rings. The summed E-state index contributed by atoms with van der Waals surface area (Å²) in [6, 6.07) is 0. The van der Waals surface area contributed by atoms with Crippen LogP contribution >= 0.6 is 11.8 Å². The van der Waals surface area contributed by atoms with E-state index in [-0.39, 0.29) is 10.7 Å². The van der Waals surface area contributed by atoms with Gasteiger partial charge in [0, 0.05) is 17.8 Å². The first-order valence-corrected chi connectivity index (χ1v) is 5.70. The third-order valence-corrected chi connectivity index (χ3v) is 2.63. The second-order valence-corrected chi connectivity index (χ2v) is 5.71. The van der Waals surface area contributed by atoms with Gasteiger partial charge in [-0.3, -0.25) is 4.79 Å². The van der Waals surface area contributed by atoms with Crippen LogP contribution in [0.2, 0.25) is 0 Å². The Morgan fingerprint density at radius 1 is 1.43 bits per heavy atom. The lowest BCUT2D eigenvalue weighted by molar-refractivity contribution is -0.118. The van der Waals surface area contributed by atoms with Crippen molar-refractivity contribution in [3.63, 3.8) is 0 Å². The average molecular weight is 216 g/mol. The predicted octanol–water partition coefficient (Wildman–Crippen LogP) is 1.15. The van der Waals surface area contributed by atoms with Gasteiger partial charge in [0.15, 0.2) is 0 Å². The van der Waals surface area contributed by atoms with E-state index in [9.17, 15) is 4.79 Å². The van der Waals surface area contributed by atoms with Crippen LogP contribution in [0.1, 0.15) is 20.8 Å². The van der Waals surface area contributed by atoms with Crippen LogP contribution in [0.5, 0.6) is 0 Å². The zero-order valence-corrected chi connectivity index (χ0v) is 9.99. The summed E-state index contributed by atoms with van der Waals surface area (Å²) in [7, 11) is 0. The second-order valence-electron chi connectivity index (χ2n) is 3.91. The molecule has 14 heavy (non-hydrogen) atoms. The van der Waals surface area contributed by atoms with Gasteiger partial charge in [0.1, 0.15) is 0 Å². The maximum absolute atomic E-state index is 11.3. The van der Waals surface area contributed by atoms with E-state index in [4.69, 9.17) is 5.73 Å². The smallest absolute Gasteiger partial charge is 0.230 e. The normalized spacial score (nSPS) is 12.0. The molecule has 0 saturated heterocycles. The Morgan fingerprint density at radius 3 is 2.57 bits per heavy atom. The van der Waals surface area contributed by atoms with Crippen LogP contribution in [0.15, 0.2) is 12.2 Å². The Bertz CT molecular complexity index is 197. The van der Waals surface area contributed by atoms with E-state index in [1.165, 1.54) is 0 Å². The predicted molar refractivity (Wildman–Crippen MR) is 63.4 cm³/mol. The minimum atomic E-state index is 0.0756. The highest BCUT2D eigenvalue weighted by Gasteiger charge is 2.12. The first-order chi connectivity index (χ1) is 6.45. The molecule has 0 saturated carbocycles. The monoisotopic (exact) mass is 216 g/mol. The number of amides is 1. The van der Waals surface area contributed by atoms with Crippen LogP contribution in [0.4, 0.5) is 0 Å². The Balaban J connectivity index is 3.52. The van der Waals surface area contributed by atoms with E-state index in [1.54, 1.807) is 11.8 Å². The van der Waals surface area contributed by atoms with Gasteiger partial charge < -0.3 is 11.1 Å². The van der Waals surface area contributed by atoms with E-state index < -0.39 is 0 Å². The number of hydrogen-bond acceptors (Lipinski definition) is 3. The number of thioether (sulfide) groups is 1. The zero-order valence-electron chi connectivity index (χ0n) is 9.17. The zero-order chi connectivity index (χ0) is 11.0. The van der Waals surface area contributed by atoms with Crippen molar-refractivity contribution in [3.05, 3.63) is 12.2 Å². The molecule has 0 rings (SSSR count). The molecule has 0 atom stereocenters. The van der Waals surface area contributed by atoms with E-state index >= 15 is 0 Å². The number of nitrogens with two attached hydrogens (primary N) is 1. The van der Waals surface area contributed by atoms with Gasteiger partial charge in [0.25, 0.3) is 0 Å². The number of hydrogen-bond donors (Lipinski definition) is 2. The molecule has 0 heterocycles. The Hall–Kier alpha value is -0.480. The molecule has 0 aromatic heterocycles. The lowest BCUT2D eigenvalue weighted by Gasteiger charge is -2.16. The van der Waals surface area contributed by atoms with E-state index in [2.05, 4.69) is 26.1 Å². The summed E-state index contributed by atoms with van der Waals surface area (Å²) in [4.78, 5) is 11.3. The quantitative estimate of drug-likeness (QED) is 0.678. The lowest BCUT2D eigenvalue weighted by atomic mass is 10.3. The highest BCUT2D eigenvalue weighted by molar-refractivity contribution is 8.01. The van der Waals surface area contributed by atoms with Crippen molar-refractivity contribution in [2.75, 3.05) is 18.8 Å². The number of nitrogens with one attached hydrogen (secondary N) is 1. The van der Waals surface area contributed by atoms with E-state index in [0.29, 0.717) is 18.8 Å². The van der Waals surface area contributed by atoms with Crippen molar-refractivity contribution < 1.29 is 4.79 Å². The Kier molecular flexibility index (Phi) is 6.66. The minimum absolute atomic E-state index is 0.0756. The second kappa shape index (κ2) is 6.90. The largest absolute Gasteiger partial charge is 0.352 e. The van der Waals surface area contributed by atoms with Gasteiger partial charge in [-0.2, -0.15) is 0 Å². The number of carbonyl (C=O) groups excluding carboxylic acids is 1. The molecule has 0 aliphatic carbocycles. The fourth-order valence-corrected chi connectivity index (χ4v) is 1.35. The molecule has 0 fully saturated rings. The molecule has 1 amide bonds. The Labute approximate surface area is 90.5 Å². The molecule has 82 valence electrons. The van der Waals surface area contributed by atoms with Crippen molar-refractivity contribution in [1.82, 2.24) is 5.32 Å². The molecular formula is C10H20N2OS. The van der Waals surface area contributed by atoms with Crippen molar-refractivity contribution in [3.8, 4) is 0 Å². The lowest BCUT2D eigenvalue weighted by Crippen LogP contribution is -2.27. The molecule has 0 aliphatic rings. The van der Waals surface area contributed by atoms with Crippen LogP contribution in [-0.2, 0) is 4.79 Å². The van der Waals surface area contributed by atoms with Crippen LogP contribution in [0, 0.1) is 0 Å². The summed E-state index contributed by atoms with van der Waals surface area (Å²) >= 11 is 1.64. The molecular weight excluding hydrogens is 196 g/mol. The fraction of sp³-hybridized carbons (Fsp3) is 0.700. The maximum atomic E-state index is 11.3. The summed E-state index contributed by atoms with van der Waals surface area (Å²) < 4.78 is 0.143. The molecule has 3 N–H and O–H groups in total. The van der Waals surface area contributed by atoms with Gasteiger partial charge in [-0.1, -0.05) is 32.9 Å². The van der Waals surface area contributed by atoms with Crippen LogP contribution in [0.25, 0.3) is 0 Å². The van der Waals surface area contributed by atoms with Crippen molar-refractivity contribution in [1.29, 1.82) is 0 Å². The summed E-state index contributed by atoms with van der Waals surface area (Å²) in [6.45, 7) is 7.38. The molecule has 0 bridgehead atoms. The number of carbonyl (C=O) groups is 1. The van der Waals surface area contributed by atoms with Crippen LogP contribution in [0.3, 0.4) is 0 Å². The summed E-state index contributed by atoms with van der Waals surface area (Å²) in [6.07, 6.45) is 3.69. The van der Waals surface area contributed by atoms with Gasteiger partial charge in [0.05, 0.1) is 5.75 Å². The van der Waals surface area contributed by atoms with E-state index in [0.717, 1.165) is 0 Å². The van der Waals surface area contributed by atoms with Gasteiger partial charge in [-0.25, -0.2) is 0 Å². The maximum Gasteiger partial charge on any atom is 0.230 e. The first-order valence-electron chi connectivity index (χ1n) is 4.71. The SMILES string of the molecule is CC(C)(C)SCC(=O)NC/C=C/CN. The average Bonchev–Trinajstić information content (AvgIpc) is 2.08. The van der Waals surface area contributed by atoms with Gasteiger partial charge in [-0.05, 0) is 0 Å². The summed E-state index contributed by atoms with van der Waals surface area (Å²) in [5.74, 6) is 0.589. The molecule has 0 unspecified atom stereocenters. The molecule has 4 heteroatoms.